The number of carbonyl (C=O) groups is 2. The van der Waals surface area contributed by atoms with Crippen LogP contribution in [0.5, 0.6) is 17.2 Å². The number of nitrogens with zero attached hydrogens (tertiary/aromatic N) is 1. The zero-order chi connectivity index (χ0) is 28.1. The van der Waals surface area contributed by atoms with Crippen LogP contribution in [0.2, 0.25) is 0 Å². The van der Waals surface area contributed by atoms with Crippen LogP contribution in [0.3, 0.4) is 0 Å². The van der Waals surface area contributed by atoms with Gasteiger partial charge in [0.25, 0.3) is 11.7 Å². The first kappa shape index (κ1) is 27.7. The molecule has 7 nitrogen and oxygen atoms in total. The van der Waals surface area contributed by atoms with Crippen molar-refractivity contribution in [3.05, 3.63) is 94.8 Å². The van der Waals surface area contributed by atoms with Crippen LogP contribution in [-0.4, -0.2) is 46.6 Å². The summed E-state index contributed by atoms with van der Waals surface area (Å²) in [5.74, 6) is -1.35. The Morgan fingerprint density at radius 2 is 1.77 bits per heavy atom. The van der Waals surface area contributed by atoms with Crippen LogP contribution in [0.25, 0.3) is 5.76 Å². The van der Waals surface area contributed by atoms with E-state index in [0.29, 0.717) is 42.4 Å². The minimum absolute atomic E-state index is 0.0757. The van der Waals surface area contributed by atoms with Gasteiger partial charge in [-0.25, -0.2) is 4.39 Å². The molecule has 4 rings (SSSR count). The lowest BCUT2D eigenvalue weighted by atomic mass is 9.94. The number of benzene rings is 3. The van der Waals surface area contributed by atoms with Gasteiger partial charge in [-0.15, -0.1) is 0 Å². The molecule has 3 aromatic rings. The first-order valence-electron chi connectivity index (χ1n) is 12.9. The number of carbonyl (C=O) groups excluding carboxylic acids is 2. The van der Waals surface area contributed by atoms with E-state index in [0.717, 1.165) is 5.56 Å². The minimum atomic E-state index is -0.939. The molecule has 1 unspecified atom stereocenters. The zero-order valence-corrected chi connectivity index (χ0v) is 22.2. The number of Topliss-reactive ketones (excluding diaryl/α,β-unsaturated/α-hetero) is 1. The fraction of sp³-hybridized carbons (Fsp3) is 0.290. The highest BCUT2D eigenvalue weighted by Gasteiger charge is 2.46. The number of halogens is 1. The van der Waals surface area contributed by atoms with Crippen molar-refractivity contribution in [2.24, 2.45) is 5.92 Å². The number of aliphatic hydroxyl groups excluding tert-OH is 1. The molecule has 0 saturated carbocycles. The Labute approximate surface area is 227 Å². The number of phenols is 1. The Morgan fingerprint density at radius 1 is 1.03 bits per heavy atom. The molecule has 1 atom stereocenters. The third kappa shape index (κ3) is 6.22. The molecule has 1 aliphatic rings. The van der Waals surface area contributed by atoms with Gasteiger partial charge in [-0.3, -0.25) is 9.59 Å². The summed E-state index contributed by atoms with van der Waals surface area (Å²) < 4.78 is 24.7. The highest BCUT2D eigenvalue weighted by Crippen LogP contribution is 2.42. The van der Waals surface area contributed by atoms with Crippen molar-refractivity contribution in [1.29, 1.82) is 0 Å². The standard InChI is InChI=1S/C31H32FNO6/c1-4-38-26-17-21(10-13-25(26)34)28-27(29(35)22-6-5-7-24(16-22)39-18-19(2)3)30(36)31(37)33(28)15-14-20-8-11-23(32)12-9-20/h5-13,16-17,19,28,34-35H,4,14-15,18H2,1-3H3/b29-27-. The van der Waals surface area contributed by atoms with Crippen molar-refractivity contribution in [2.45, 2.75) is 33.2 Å². The predicted octanol–water partition coefficient (Wildman–Crippen LogP) is 5.63. The molecule has 1 amide bonds. The average Bonchev–Trinajstić information content (AvgIpc) is 3.17. The van der Waals surface area contributed by atoms with Crippen molar-refractivity contribution in [1.82, 2.24) is 4.90 Å². The average molecular weight is 534 g/mol. The van der Waals surface area contributed by atoms with Gasteiger partial charge < -0.3 is 24.6 Å². The number of ether oxygens (including phenoxy) is 2. The molecule has 39 heavy (non-hydrogen) atoms. The number of amides is 1. The Morgan fingerprint density at radius 3 is 2.46 bits per heavy atom. The monoisotopic (exact) mass is 533 g/mol. The molecule has 0 aliphatic carbocycles. The van der Waals surface area contributed by atoms with Gasteiger partial charge in [0.1, 0.15) is 17.3 Å². The molecule has 2 N–H and O–H groups in total. The smallest absolute Gasteiger partial charge is 0.295 e. The molecule has 8 heteroatoms. The number of aliphatic hydroxyl groups is 1. The number of likely N-dealkylation sites (tertiary alicyclic amines) is 1. The normalized spacial score (nSPS) is 16.6. The molecule has 1 fully saturated rings. The van der Waals surface area contributed by atoms with E-state index in [9.17, 15) is 24.2 Å². The molecule has 0 bridgehead atoms. The predicted molar refractivity (Wildman–Crippen MR) is 145 cm³/mol. The minimum Gasteiger partial charge on any atom is -0.507 e. The van der Waals surface area contributed by atoms with E-state index in [2.05, 4.69) is 0 Å². The van der Waals surface area contributed by atoms with E-state index in [4.69, 9.17) is 9.47 Å². The molecular formula is C31H32FNO6. The number of hydrogen-bond acceptors (Lipinski definition) is 6. The summed E-state index contributed by atoms with van der Waals surface area (Å²) in [5.41, 5.74) is 1.53. The van der Waals surface area contributed by atoms with E-state index in [1.54, 1.807) is 55.5 Å². The van der Waals surface area contributed by atoms with Crippen molar-refractivity contribution in [3.8, 4) is 17.2 Å². The fourth-order valence-corrected chi connectivity index (χ4v) is 4.48. The second-order valence-corrected chi connectivity index (χ2v) is 9.76. The van der Waals surface area contributed by atoms with Gasteiger partial charge in [-0.05, 0) is 66.8 Å². The van der Waals surface area contributed by atoms with Gasteiger partial charge in [0.05, 0.1) is 24.8 Å². The summed E-state index contributed by atoms with van der Waals surface area (Å²) in [6.45, 7) is 6.72. The Bertz CT molecular complexity index is 1380. The Hall–Kier alpha value is -4.33. The first-order valence-corrected chi connectivity index (χ1v) is 12.9. The molecule has 0 radical (unpaired) electrons. The maximum atomic E-state index is 13.4. The molecule has 1 heterocycles. The lowest BCUT2D eigenvalue weighted by Crippen LogP contribution is -2.31. The van der Waals surface area contributed by atoms with Gasteiger partial charge in [0.2, 0.25) is 0 Å². The van der Waals surface area contributed by atoms with Crippen molar-refractivity contribution < 1.29 is 33.7 Å². The lowest BCUT2D eigenvalue weighted by Gasteiger charge is -2.26. The summed E-state index contributed by atoms with van der Waals surface area (Å²) in [6, 6.07) is 16.3. The molecule has 0 aromatic heterocycles. The Balaban J connectivity index is 1.78. The number of aromatic hydroxyl groups is 1. The first-order chi connectivity index (χ1) is 18.7. The zero-order valence-electron chi connectivity index (χ0n) is 22.2. The van der Waals surface area contributed by atoms with Gasteiger partial charge in [-0.2, -0.15) is 0 Å². The topological polar surface area (TPSA) is 96.3 Å². The lowest BCUT2D eigenvalue weighted by molar-refractivity contribution is -0.139. The van der Waals surface area contributed by atoms with Crippen molar-refractivity contribution >= 4 is 17.4 Å². The second-order valence-electron chi connectivity index (χ2n) is 9.76. The highest BCUT2D eigenvalue weighted by atomic mass is 19.1. The van der Waals surface area contributed by atoms with Crippen molar-refractivity contribution in [2.75, 3.05) is 19.8 Å². The Kier molecular flexibility index (Phi) is 8.54. The molecule has 3 aromatic carbocycles. The van der Waals surface area contributed by atoms with Crippen LogP contribution in [0.15, 0.2) is 72.3 Å². The quantitative estimate of drug-likeness (QED) is 0.199. The van der Waals surface area contributed by atoms with Gasteiger partial charge in [0.15, 0.2) is 11.5 Å². The van der Waals surface area contributed by atoms with E-state index in [-0.39, 0.29) is 35.2 Å². The number of ketones is 1. The van der Waals surface area contributed by atoms with Crippen LogP contribution in [0.4, 0.5) is 4.39 Å². The maximum absolute atomic E-state index is 13.4. The van der Waals surface area contributed by atoms with E-state index >= 15 is 0 Å². The highest BCUT2D eigenvalue weighted by molar-refractivity contribution is 6.46. The summed E-state index contributed by atoms with van der Waals surface area (Å²) in [7, 11) is 0. The molecule has 1 aliphatic heterocycles. The van der Waals surface area contributed by atoms with Crippen LogP contribution >= 0.6 is 0 Å². The summed E-state index contributed by atoms with van der Waals surface area (Å²) in [4.78, 5) is 28.1. The van der Waals surface area contributed by atoms with Crippen molar-refractivity contribution in [3.63, 3.8) is 0 Å². The summed E-state index contributed by atoms with van der Waals surface area (Å²) in [5, 5.41) is 21.7. The number of hydrogen-bond donors (Lipinski definition) is 2. The summed E-state index contributed by atoms with van der Waals surface area (Å²) in [6.07, 6.45) is 0.360. The van der Waals surface area contributed by atoms with Gasteiger partial charge >= 0.3 is 0 Å². The van der Waals surface area contributed by atoms with Crippen LogP contribution in [-0.2, 0) is 16.0 Å². The molecule has 204 valence electrons. The van der Waals surface area contributed by atoms with Crippen LogP contribution < -0.4 is 9.47 Å². The van der Waals surface area contributed by atoms with E-state index in [1.165, 1.54) is 23.1 Å². The van der Waals surface area contributed by atoms with E-state index < -0.39 is 17.7 Å². The van der Waals surface area contributed by atoms with Crippen LogP contribution in [0, 0.1) is 11.7 Å². The third-order valence-electron chi connectivity index (χ3n) is 6.38. The SMILES string of the molecule is CCOc1cc(C2/C(=C(/O)c3cccc(OCC(C)C)c3)C(=O)C(=O)N2CCc2ccc(F)cc2)ccc1O. The van der Waals surface area contributed by atoms with E-state index in [1.807, 2.05) is 13.8 Å². The molecule has 0 spiro atoms. The molecular weight excluding hydrogens is 501 g/mol. The second kappa shape index (κ2) is 12.0. The number of rotatable bonds is 10. The largest absolute Gasteiger partial charge is 0.507 e. The van der Waals surface area contributed by atoms with Crippen LogP contribution in [0.1, 0.15) is 43.5 Å². The van der Waals surface area contributed by atoms with Gasteiger partial charge in [-0.1, -0.05) is 44.2 Å². The number of phenolic OH excluding ortho intramolecular Hbond substituents is 1. The fourth-order valence-electron chi connectivity index (χ4n) is 4.48. The summed E-state index contributed by atoms with van der Waals surface area (Å²) >= 11 is 0. The van der Waals surface area contributed by atoms with Gasteiger partial charge in [0, 0.05) is 12.1 Å². The molecule has 1 saturated heterocycles. The maximum Gasteiger partial charge on any atom is 0.295 e. The third-order valence-corrected chi connectivity index (χ3v) is 6.38.